The first kappa shape index (κ1) is 30.0. The lowest BCUT2D eigenvalue weighted by atomic mass is 10.0. The van der Waals surface area contributed by atoms with Crippen LogP contribution in [-0.2, 0) is 17.9 Å². The van der Waals surface area contributed by atoms with E-state index in [-0.39, 0.29) is 5.97 Å². The van der Waals surface area contributed by atoms with Gasteiger partial charge in [-0.15, -0.1) is 0 Å². The molecule has 8 heteroatoms. The quantitative estimate of drug-likeness (QED) is 0.147. The number of benzene rings is 4. The molecule has 0 saturated heterocycles. The van der Waals surface area contributed by atoms with Crippen LogP contribution in [0.15, 0.2) is 91.1 Å². The largest absolute Gasteiger partial charge is 0.496 e. The molecule has 0 fully saturated rings. The van der Waals surface area contributed by atoms with Crippen LogP contribution in [0.4, 0.5) is 0 Å². The van der Waals surface area contributed by atoms with Crippen LogP contribution in [0.1, 0.15) is 34.2 Å². The number of methoxy groups -OCH3 is 2. The minimum atomic E-state index is -0.364. The van der Waals surface area contributed by atoms with Gasteiger partial charge < -0.3 is 18.8 Å². The molecule has 0 aliphatic rings. The number of ether oxygens (including phenoxy) is 3. The zero-order valence-corrected chi connectivity index (χ0v) is 25.5. The van der Waals surface area contributed by atoms with Gasteiger partial charge in [0, 0.05) is 28.9 Å². The molecule has 4 aromatic carbocycles. The summed E-state index contributed by atoms with van der Waals surface area (Å²) in [4.78, 5) is 16.5. The molecular formula is C35H30Cl2N2O4. The van der Waals surface area contributed by atoms with E-state index in [0.717, 1.165) is 57.4 Å². The number of carbonyl (C=O) groups is 1. The van der Waals surface area contributed by atoms with E-state index >= 15 is 0 Å². The van der Waals surface area contributed by atoms with E-state index < -0.39 is 0 Å². The summed E-state index contributed by atoms with van der Waals surface area (Å²) in [7, 11) is 3.03. The second kappa shape index (κ2) is 13.6. The number of nitrogens with zero attached hydrogens (tertiary/aromatic N) is 2. The SMILES string of the molecule is CCn1cc(-c2ccc(Cl)cc2Cl)nc1C=Cc1cc(-c2cccc(OCc3ccc(C(=O)OC)cc3)c2)ccc1OC. The summed E-state index contributed by atoms with van der Waals surface area (Å²) in [6.45, 7) is 3.19. The monoisotopic (exact) mass is 612 g/mol. The number of aryl methyl sites for hydroxylation is 1. The highest BCUT2D eigenvalue weighted by Gasteiger charge is 2.12. The fourth-order valence-electron chi connectivity index (χ4n) is 4.64. The van der Waals surface area contributed by atoms with E-state index in [0.29, 0.717) is 22.2 Å². The summed E-state index contributed by atoms with van der Waals surface area (Å²) >= 11 is 12.5. The molecule has 43 heavy (non-hydrogen) atoms. The number of halogens is 2. The van der Waals surface area contributed by atoms with Crippen LogP contribution in [0.3, 0.4) is 0 Å². The zero-order chi connectivity index (χ0) is 30.3. The summed E-state index contributed by atoms with van der Waals surface area (Å²) in [6.07, 6.45) is 5.97. The zero-order valence-electron chi connectivity index (χ0n) is 24.0. The maximum Gasteiger partial charge on any atom is 0.337 e. The number of imidazole rings is 1. The van der Waals surface area contributed by atoms with E-state index in [1.165, 1.54) is 7.11 Å². The molecule has 5 rings (SSSR count). The number of hydrogen-bond acceptors (Lipinski definition) is 5. The highest BCUT2D eigenvalue weighted by atomic mass is 35.5. The van der Waals surface area contributed by atoms with Gasteiger partial charge in [0.2, 0.25) is 0 Å². The number of carbonyl (C=O) groups excluding carboxylic acids is 1. The van der Waals surface area contributed by atoms with Gasteiger partial charge in [0.15, 0.2) is 0 Å². The van der Waals surface area contributed by atoms with Crippen molar-refractivity contribution in [3.8, 4) is 33.9 Å². The van der Waals surface area contributed by atoms with Crippen molar-refractivity contribution in [3.63, 3.8) is 0 Å². The van der Waals surface area contributed by atoms with Gasteiger partial charge in [-0.25, -0.2) is 9.78 Å². The summed E-state index contributed by atoms with van der Waals surface area (Å²) in [5.41, 5.74) is 5.98. The smallest absolute Gasteiger partial charge is 0.337 e. The average Bonchev–Trinajstić information content (AvgIpc) is 3.45. The average molecular weight is 614 g/mol. The van der Waals surface area contributed by atoms with Gasteiger partial charge in [-0.3, -0.25) is 0 Å². The highest BCUT2D eigenvalue weighted by molar-refractivity contribution is 6.36. The van der Waals surface area contributed by atoms with Crippen LogP contribution in [0.25, 0.3) is 34.5 Å². The Hall–Kier alpha value is -4.52. The van der Waals surface area contributed by atoms with Crippen molar-refractivity contribution in [2.24, 2.45) is 0 Å². The van der Waals surface area contributed by atoms with Gasteiger partial charge >= 0.3 is 5.97 Å². The van der Waals surface area contributed by atoms with Crippen molar-refractivity contribution in [2.75, 3.05) is 14.2 Å². The molecule has 0 radical (unpaired) electrons. The van der Waals surface area contributed by atoms with E-state index in [1.807, 2.05) is 79.0 Å². The Morgan fingerprint density at radius 3 is 2.42 bits per heavy atom. The van der Waals surface area contributed by atoms with Gasteiger partial charge in [0.25, 0.3) is 0 Å². The minimum absolute atomic E-state index is 0.364. The molecule has 0 aliphatic carbocycles. The van der Waals surface area contributed by atoms with E-state index in [2.05, 4.69) is 17.6 Å². The number of rotatable bonds is 10. The van der Waals surface area contributed by atoms with Gasteiger partial charge in [-0.2, -0.15) is 0 Å². The fraction of sp³-hybridized carbons (Fsp3) is 0.143. The molecule has 1 heterocycles. The van der Waals surface area contributed by atoms with Crippen LogP contribution in [0, 0.1) is 0 Å². The van der Waals surface area contributed by atoms with Crippen molar-refractivity contribution in [1.29, 1.82) is 0 Å². The summed E-state index contributed by atoms with van der Waals surface area (Å²) in [5, 5.41) is 1.14. The molecular weight excluding hydrogens is 583 g/mol. The standard InChI is InChI=1S/C35H30Cl2N2O4/c1-4-39-21-32(30-15-14-28(36)20-31(30)37)38-34(39)17-13-27-18-26(12-16-33(27)41-2)25-6-5-7-29(19-25)43-22-23-8-10-24(11-9-23)35(40)42-3/h5-21H,4,22H2,1-3H3. The lowest BCUT2D eigenvalue weighted by Gasteiger charge is -2.11. The maximum atomic E-state index is 11.7. The highest BCUT2D eigenvalue weighted by Crippen LogP contribution is 2.32. The Balaban J connectivity index is 1.36. The molecule has 0 aliphatic heterocycles. The Morgan fingerprint density at radius 1 is 0.907 bits per heavy atom. The van der Waals surface area contributed by atoms with Crippen molar-refractivity contribution >= 4 is 41.3 Å². The first-order chi connectivity index (χ1) is 20.9. The fourth-order valence-corrected chi connectivity index (χ4v) is 5.14. The number of aromatic nitrogens is 2. The third-order valence-electron chi connectivity index (χ3n) is 6.94. The van der Waals surface area contributed by atoms with E-state index in [4.69, 9.17) is 42.4 Å². The van der Waals surface area contributed by atoms with Crippen molar-refractivity contribution < 1.29 is 19.0 Å². The van der Waals surface area contributed by atoms with Gasteiger partial charge in [-0.1, -0.05) is 53.5 Å². The van der Waals surface area contributed by atoms with Crippen molar-refractivity contribution in [1.82, 2.24) is 9.55 Å². The van der Waals surface area contributed by atoms with Crippen LogP contribution < -0.4 is 9.47 Å². The molecule has 0 spiro atoms. The van der Waals surface area contributed by atoms with E-state index in [1.54, 1.807) is 25.3 Å². The van der Waals surface area contributed by atoms with Gasteiger partial charge in [-0.05, 0) is 90.4 Å². The molecule has 218 valence electrons. The normalized spacial score (nSPS) is 11.1. The second-order valence-corrected chi connectivity index (χ2v) is 10.5. The van der Waals surface area contributed by atoms with Crippen molar-refractivity contribution in [3.05, 3.63) is 124 Å². The molecule has 6 nitrogen and oxygen atoms in total. The van der Waals surface area contributed by atoms with Crippen LogP contribution in [0.5, 0.6) is 11.5 Å². The molecule has 5 aromatic rings. The van der Waals surface area contributed by atoms with Gasteiger partial charge in [0.05, 0.1) is 30.5 Å². The lowest BCUT2D eigenvalue weighted by Crippen LogP contribution is -2.02. The van der Waals surface area contributed by atoms with Gasteiger partial charge in [0.1, 0.15) is 23.9 Å². The Bertz CT molecular complexity index is 1780. The predicted octanol–water partition coefficient (Wildman–Crippen LogP) is 9.09. The maximum absolute atomic E-state index is 11.7. The lowest BCUT2D eigenvalue weighted by molar-refractivity contribution is 0.0600. The summed E-state index contributed by atoms with van der Waals surface area (Å²) < 4.78 is 18.5. The van der Waals surface area contributed by atoms with Crippen LogP contribution in [-0.4, -0.2) is 29.7 Å². The first-order valence-corrected chi connectivity index (χ1v) is 14.4. The number of hydrogen-bond donors (Lipinski definition) is 0. The first-order valence-electron chi connectivity index (χ1n) is 13.7. The molecule has 0 unspecified atom stereocenters. The Morgan fingerprint density at radius 2 is 1.70 bits per heavy atom. The van der Waals surface area contributed by atoms with E-state index in [9.17, 15) is 4.79 Å². The summed E-state index contributed by atoms with van der Waals surface area (Å²) in [5.74, 6) is 1.92. The van der Waals surface area contributed by atoms with Crippen molar-refractivity contribution in [2.45, 2.75) is 20.1 Å². The second-order valence-electron chi connectivity index (χ2n) is 9.69. The van der Waals surface area contributed by atoms with Crippen LogP contribution in [0.2, 0.25) is 10.0 Å². The molecule has 0 saturated carbocycles. The Kier molecular flexibility index (Phi) is 9.50. The third kappa shape index (κ3) is 7.11. The molecule has 0 N–H and O–H groups in total. The molecule has 0 bridgehead atoms. The molecule has 0 atom stereocenters. The molecule has 1 aromatic heterocycles. The third-order valence-corrected chi connectivity index (χ3v) is 7.49. The molecule has 0 amide bonds. The Labute approximate surface area is 261 Å². The van der Waals surface area contributed by atoms with Crippen LogP contribution >= 0.6 is 23.2 Å². The topological polar surface area (TPSA) is 62.6 Å². The number of esters is 1. The predicted molar refractivity (Wildman–Crippen MR) is 173 cm³/mol. The summed E-state index contributed by atoms with van der Waals surface area (Å²) in [6, 6.07) is 26.6. The minimum Gasteiger partial charge on any atom is -0.496 e.